The van der Waals surface area contributed by atoms with Crippen molar-refractivity contribution in [1.82, 2.24) is 10.2 Å². The van der Waals surface area contributed by atoms with Crippen LogP contribution in [0, 0.1) is 0 Å². The number of fused-ring (bicyclic) bond motifs is 1. The summed E-state index contributed by atoms with van der Waals surface area (Å²) >= 11 is 0. The van der Waals surface area contributed by atoms with Gasteiger partial charge in [0, 0.05) is 18.7 Å². The minimum atomic E-state index is -3.96. The van der Waals surface area contributed by atoms with Gasteiger partial charge >= 0.3 is 0 Å². The molecule has 138 valence electrons. The molecule has 2 aliphatic rings. The van der Waals surface area contributed by atoms with Crippen molar-refractivity contribution in [3.8, 4) is 11.5 Å². The third kappa shape index (κ3) is 3.88. The number of amides is 1. The summed E-state index contributed by atoms with van der Waals surface area (Å²) in [4.78, 5) is 14.8. The molecule has 0 radical (unpaired) electrons. The van der Waals surface area contributed by atoms with Crippen molar-refractivity contribution < 1.29 is 22.7 Å². The molecule has 0 spiro atoms. The van der Waals surface area contributed by atoms with Crippen LogP contribution < -0.4 is 19.9 Å². The van der Waals surface area contributed by atoms with Gasteiger partial charge in [-0.25, -0.2) is 13.6 Å². The van der Waals surface area contributed by atoms with E-state index >= 15 is 0 Å². The quantitative estimate of drug-likeness (QED) is 0.773. The highest BCUT2D eigenvalue weighted by molar-refractivity contribution is 7.89. The second kappa shape index (κ2) is 7.19. The van der Waals surface area contributed by atoms with Gasteiger partial charge in [0.25, 0.3) is 5.91 Å². The fraction of sp³-hybridized carbons (Fsp3) is 0.562. The lowest BCUT2D eigenvalue weighted by atomic mass is 10.1. The second-order valence-electron chi connectivity index (χ2n) is 6.17. The predicted molar refractivity (Wildman–Crippen MR) is 91.4 cm³/mol. The SMILES string of the molecule is CCN1CCCC1CNC(=O)c1cc(S(N)(=O)=O)cc2c1OCCO2. The summed E-state index contributed by atoms with van der Waals surface area (Å²) in [5, 5.41) is 8.09. The zero-order valence-electron chi connectivity index (χ0n) is 14.2. The van der Waals surface area contributed by atoms with E-state index in [9.17, 15) is 13.2 Å². The molecule has 2 aliphatic heterocycles. The van der Waals surface area contributed by atoms with E-state index in [-0.39, 0.29) is 28.6 Å². The zero-order chi connectivity index (χ0) is 18.0. The smallest absolute Gasteiger partial charge is 0.255 e. The molecule has 1 aromatic carbocycles. The highest BCUT2D eigenvalue weighted by Gasteiger charge is 2.27. The zero-order valence-corrected chi connectivity index (χ0v) is 15.0. The Morgan fingerprint density at radius 3 is 2.84 bits per heavy atom. The van der Waals surface area contributed by atoms with Gasteiger partial charge in [0.2, 0.25) is 10.0 Å². The predicted octanol–water partition coefficient (Wildman–Crippen LogP) is 0.319. The Morgan fingerprint density at radius 2 is 2.12 bits per heavy atom. The number of carbonyl (C=O) groups is 1. The van der Waals surface area contributed by atoms with Gasteiger partial charge < -0.3 is 14.8 Å². The van der Waals surface area contributed by atoms with Gasteiger partial charge in [0.1, 0.15) is 13.2 Å². The molecule has 2 heterocycles. The van der Waals surface area contributed by atoms with Crippen LogP contribution >= 0.6 is 0 Å². The maximum Gasteiger partial charge on any atom is 0.255 e. The Labute approximate surface area is 147 Å². The molecule has 1 unspecified atom stereocenters. The molecule has 0 aromatic heterocycles. The average molecular weight is 369 g/mol. The van der Waals surface area contributed by atoms with Crippen LogP contribution in [0.5, 0.6) is 11.5 Å². The van der Waals surface area contributed by atoms with Crippen LogP contribution in [0.3, 0.4) is 0 Å². The van der Waals surface area contributed by atoms with Crippen molar-refractivity contribution in [3.63, 3.8) is 0 Å². The standard InChI is InChI=1S/C16H23N3O5S/c1-2-19-5-3-4-11(19)10-18-16(20)13-8-12(25(17,21)22)9-14-15(13)24-7-6-23-14/h8-9,11H,2-7,10H2,1H3,(H,18,20)(H2,17,21,22). The number of likely N-dealkylation sites (N-methyl/N-ethyl adjacent to an activating group) is 1. The van der Waals surface area contributed by atoms with Gasteiger partial charge in [-0.3, -0.25) is 9.69 Å². The number of sulfonamides is 1. The molecule has 1 fully saturated rings. The first-order chi connectivity index (χ1) is 11.9. The highest BCUT2D eigenvalue weighted by atomic mass is 32.2. The van der Waals surface area contributed by atoms with E-state index in [0.717, 1.165) is 25.9 Å². The number of carbonyl (C=O) groups excluding carboxylic acids is 1. The molecule has 3 rings (SSSR count). The molecular weight excluding hydrogens is 346 g/mol. The monoisotopic (exact) mass is 369 g/mol. The molecular formula is C16H23N3O5S. The number of primary sulfonamides is 1. The maximum absolute atomic E-state index is 12.6. The van der Waals surface area contributed by atoms with Crippen molar-refractivity contribution in [2.75, 3.05) is 32.8 Å². The normalized spacial score (nSPS) is 20.5. The number of hydrogen-bond donors (Lipinski definition) is 2. The Hall–Kier alpha value is -1.84. The number of likely N-dealkylation sites (tertiary alicyclic amines) is 1. The molecule has 1 saturated heterocycles. The molecule has 0 aliphatic carbocycles. The van der Waals surface area contributed by atoms with E-state index in [2.05, 4.69) is 17.1 Å². The molecule has 1 amide bonds. The van der Waals surface area contributed by atoms with Crippen LogP contribution in [0.15, 0.2) is 17.0 Å². The highest BCUT2D eigenvalue weighted by Crippen LogP contribution is 2.36. The van der Waals surface area contributed by atoms with Crippen LogP contribution in [0.2, 0.25) is 0 Å². The number of nitrogens with one attached hydrogen (secondary N) is 1. The van der Waals surface area contributed by atoms with E-state index < -0.39 is 15.9 Å². The van der Waals surface area contributed by atoms with Crippen LogP contribution in [0.4, 0.5) is 0 Å². The van der Waals surface area contributed by atoms with Crippen molar-refractivity contribution in [2.24, 2.45) is 5.14 Å². The lowest BCUT2D eigenvalue weighted by molar-refractivity contribution is 0.0930. The number of nitrogens with zero attached hydrogens (tertiary/aromatic N) is 1. The maximum atomic E-state index is 12.6. The van der Waals surface area contributed by atoms with Crippen LogP contribution in [-0.2, 0) is 10.0 Å². The number of benzene rings is 1. The summed E-state index contributed by atoms with van der Waals surface area (Å²) < 4.78 is 34.3. The topological polar surface area (TPSA) is 111 Å². The number of nitrogens with two attached hydrogens (primary N) is 1. The van der Waals surface area contributed by atoms with Crippen molar-refractivity contribution >= 4 is 15.9 Å². The summed E-state index contributed by atoms with van der Waals surface area (Å²) in [5.41, 5.74) is 0.127. The summed E-state index contributed by atoms with van der Waals surface area (Å²) in [6.07, 6.45) is 2.14. The van der Waals surface area contributed by atoms with Gasteiger partial charge in [-0.05, 0) is 32.0 Å². The summed E-state index contributed by atoms with van der Waals surface area (Å²) in [7, 11) is -3.96. The third-order valence-corrected chi connectivity index (χ3v) is 5.49. The van der Waals surface area contributed by atoms with E-state index in [0.29, 0.717) is 19.2 Å². The fourth-order valence-electron chi connectivity index (χ4n) is 3.31. The lowest BCUT2D eigenvalue weighted by Gasteiger charge is -2.24. The minimum absolute atomic E-state index is 0.127. The molecule has 1 aromatic rings. The molecule has 0 bridgehead atoms. The van der Waals surface area contributed by atoms with Gasteiger partial charge in [-0.1, -0.05) is 6.92 Å². The van der Waals surface area contributed by atoms with Crippen molar-refractivity contribution in [1.29, 1.82) is 0 Å². The first-order valence-electron chi connectivity index (χ1n) is 8.39. The largest absolute Gasteiger partial charge is 0.486 e. The van der Waals surface area contributed by atoms with E-state index in [1.807, 2.05) is 0 Å². The number of ether oxygens (including phenoxy) is 2. The molecule has 8 nitrogen and oxygen atoms in total. The molecule has 25 heavy (non-hydrogen) atoms. The van der Waals surface area contributed by atoms with E-state index in [1.54, 1.807) is 0 Å². The van der Waals surface area contributed by atoms with Crippen molar-refractivity contribution in [3.05, 3.63) is 17.7 Å². The van der Waals surface area contributed by atoms with Crippen molar-refractivity contribution in [2.45, 2.75) is 30.7 Å². The number of rotatable bonds is 5. The molecule has 0 saturated carbocycles. The minimum Gasteiger partial charge on any atom is -0.486 e. The fourth-order valence-corrected chi connectivity index (χ4v) is 3.86. The molecule has 9 heteroatoms. The first-order valence-corrected chi connectivity index (χ1v) is 9.93. The Bertz CT molecular complexity index is 765. The Balaban J connectivity index is 1.83. The molecule has 1 atom stereocenters. The van der Waals surface area contributed by atoms with E-state index in [1.165, 1.54) is 12.1 Å². The Kier molecular flexibility index (Phi) is 5.16. The summed E-state index contributed by atoms with van der Waals surface area (Å²) in [6.45, 7) is 5.15. The van der Waals surface area contributed by atoms with E-state index in [4.69, 9.17) is 14.6 Å². The van der Waals surface area contributed by atoms with Crippen LogP contribution in [0.25, 0.3) is 0 Å². The first kappa shape index (κ1) is 18.0. The Morgan fingerprint density at radius 1 is 1.36 bits per heavy atom. The van der Waals surface area contributed by atoms with Gasteiger partial charge in [-0.15, -0.1) is 0 Å². The van der Waals surface area contributed by atoms with Gasteiger partial charge in [-0.2, -0.15) is 0 Å². The number of hydrogen-bond acceptors (Lipinski definition) is 6. The average Bonchev–Trinajstić information content (AvgIpc) is 3.05. The summed E-state index contributed by atoms with van der Waals surface area (Å²) in [6, 6.07) is 2.82. The summed E-state index contributed by atoms with van der Waals surface area (Å²) in [5.74, 6) is 0.0871. The molecule has 3 N–H and O–H groups in total. The second-order valence-corrected chi connectivity index (χ2v) is 7.74. The van der Waals surface area contributed by atoms with Crippen LogP contribution in [-0.4, -0.2) is 58.1 Å². The van der Waals surface area contributed by atoms with Gasteiger partial charge in [0.05, 0.1) is 10.5 Å². The third-order valence-electron chi connectivity index (χ3n) is 4.59. The van der Waals surface area contributed by atoms with Gasteiger partial charge in [0.15, 0.2) is 11.5 Å². The lowest BCUT2D eigenvalue weighted by Crippen LogP contribution is -2.40. The van der Waals surface area contributed by atoms with Crippen LogP contribution in [0.1, 0.15) is 30.1 Å².